The van der Waals surface area contributed by atoms with Crippen LogP contribution in [0.2, 0.25) is 0 Å². The lowest BCUT2D eigenvalue weighted by Crippen LogP contribution is -2.02. The van der Waals surface area contributed by atoms with Crippen molar-refractivity contribution in [3.05, 3.63) is 53.4 Å². The van der Waals surface area contributed by atoms with Crippen LogP contribution in [-0.4, -0.2) is 4.57 Å². The summed E-state index contributed by atoms with van der Waals surface area (Å²) in [6, 6.07) is 4.31. The van der Waals surface area contributed by atoms with Crippen molar-refractivity contribution < 1.29 is 8.78 Å². The lowest BCUT2D eigenvalue weighted by Gasteiger charge is -2.08. The van der Waals surface area contributed by atoms with E-state index in [9.17, 15) is 8.78 Å². The van der Waals surface area contributed by atoms with Crippen molar-refractivity contribution in [2.45, 2.75) is 13.5 Å². The molecular formula is C13H14F2N2. The molecule has 0 atom stereocenters. The van der Waals surface area contributed by atoms with Gasteiger partial charge in [-0.05, 0) is 30.2 Å². The number of hydrogen-bond acceptors (Lipinski definition) is 1. The van der Waals surface area contributed by atoms with Crippen molar-refractivity contribution in [1.82, 2.24) is 4.57 Å². The molecule has 0 aliphatic rings. The SMILES string of the molecule is Cc1cc(F)c(NCc2ccn(C)c2)cc1F. The second-order valence-electron chi connectivity index (χ2n) is 4.12. The zero-order valence-corrected chi connectivity index (χ0v) is 9.80. The van der Waals surface area contributed by atoms with Gasteiger partial charge in [0.05, 0.1) is 5.69 Å². The molecule has 4 heteroatoms. The number of aryl methyl sites for hydroxylation is 2. The molecule has 1 aromatic carbocycles. The molecule has 2 nitrogen and oxygen atoms in total. The van der Waals surface area contributed by atoms with Crippen molar-refractivity contribution in [3.63, 3.8) is 0 Å². The molecule has 1 aromatic heterocycles. The third-order valence-electron chi connectivity index (χ3n) is 2.62. The number of aromatic nitrogens is 1. The Hall–Kier alpha value is -1.84. The standard InChI is InChI=1S/C13H14F2N2/c1-9-5-12(15)13(6-11(9)14)16-7-10-3-4-17(2)8-10/h3-6,8,16H,7H2,1-2H3. The van der Waals surface area contributed by atoms with E-state index in [4.69, 9.17) is 0 Å². The summed E-state index contributed by atoms with van der Waals surface area (Å²) in [6.45, 7) is 2.01. The number of benzene rings is 1. The second-order valence-corrected chi connectivity index (χ2v) is 4.12. The van der Waals surface area contributed by atoms with Crippen LogP contribution >= 0.6 is 0 Å². The van der Waals surface area contributed by atoms with E-state index >= 15 is 0 Å². The first-order valence-electron chi connectivity index (χ1n) is 5.36. The van der Waals surface area contributed by atoms with E-state index in [2.05, 4.69) is 5.32 Å². The first kappa shape index (κ1) is 11.6. The van der Waals surface area contributed by atoms with E-state index in [-0.39, 0.29) is 5.69 Å². The quantitative estimate of drug-likeness (QED) is 0.865. The zero-order valence-electron chi connectivity index (χ0n) is 9.80. The summed E-state index contributed by atoms with van der Waals surface area (Å²) < 4.78 is 28.7. The molecule has 0 unspecified atom stereocenters. The Bertz CT molecular complexity index is 532. The lowest BCUT2D eigenvalue weighted by molar-refractivity contribution is 0.594. The fourth-order valence-corrected chi connectivity index (χ4v) is 1.64. The molecule has 17 heavy (non-hydrogen) atoms. The van der Waals surface area contributed by atoms with Crippen molar-refractivity contribution in [1.29, 1.82) is 0 Å². The van der Waals surface area contributed by atoms with Crippen molar-refractivity contribution in [2.75, 3.05) is 5.32 Å². The van der Waals surface area contributed by atoms with Gasteiger partial charge in [0, 0.05) is 32.1 Å². The van der Waals surface area contributed by atoms with Crippen LogP contribution in [0, 0.1) is 18.6 Å². The number of anilines is 1. The Morgan fingerprint density at radius 2 is 2.00 bits per heavy atom. The Morgan fingerprint density at radius 3 is 2.65 bits per heavy atom. The number of nitrogens with zero attached hydrogens (tertiary/aromatic N) is 1. The van der Waals surface area contributed by atoms with Crippen LogP contribution in [-0.2, 0) is 13.6 Å². The van der Waals surface area contributed by atoms with Crippen molar-refractivity contribution in [3.8, 4) is 0 Å². The Morgan fingerprint density at radius 1 is 1.24 bits per heavy atom. The number of hydrogen-bond donors (Lipinski definition) is 1. The van der Waals surface area contributed by atoms with E-state index in [1.54, 1.807) is 6.92 Å². The highest BCUT2D eigenvalue weighted by atomic mass is 19.1. The molecule has 2 rings (SSSR count). The topological polar surface area (TPSA) is 17.0 Å². The normalized spacial score (nSPS) is 10.6. The fourth-order valence-electron chi connectivity index (χ4n) is 1.64. The van der Waals surface area contributed by atoms with Gasteiger partial charge in [0.2, 0.25) is 0 Å². The van der Waals surface area contributed by atoms with Gasteiger partial charge in [0.1, 0.15) is 11.6 Å². The molecule has 0 spiro atoms. The molecule has 0 aliphatic heterocycles. The Kier molecular flexibility index (Phi) is 3.13. The smallest absolute Gasteiger partial charge is 0.146 e. The average molecular weight is 236 g/mol. The van der Waals surface area contributed by atoms with E-state index in [0.717, 1.165) is 5.56 Å². The Balaban J connectivity index is 2.11. The average Bonchev–Trinajstić information content (AvgIpc) is 2.68. The largest absolute Gasteiger partial charge is 0.378 e. The van der Waals surface area contributed by atoms with Gasteiger partial charge in [-0.1, -0.05) is 0 Å². The van der Waals surface area contributed by atoms with Crippen LogP contribution in [0.15, 0.2) is 30.6 Å². The monoisotopic (exact) mass is 236 g/mol. The highest BCUT2D eigenvalue weighted by Crippen LogP contribution is 2.19. The van der Waals surface area contributed by atoms with Crippen molar-refractivity contribution in [2.24, 2.45) is 7.05 Å². The maximum Gasteiger partial charge on any atom is 0.146 e. The molecule has 0 saturated heterocycles. The number of rotatable bonds is 3. The summed E-state index contributed by atoms with van der Waals surface area (Å²) >= 11 is 0. The van der Waals surface area contributed by atoms with Gasteiger partial charge in [0.25, 0.3) is 0 Å². The van der Waals surface area contributed by atoms with Crippen LogP contribution in [0.25, 0.3) is 0 Å². The first-order chi connectivity index (χ1) is 8.06. The van der Waals surface area contributed by atoms with E-state index in [1.165, 1.54) is 12.1 Å². The van der Waals surface area contributed by atoms with Gasteiger partial charge in [-0.2, -0.15) is 0 Å². The molecule has 0 aliphatic carbocycles. The van der Waals surface area contributed by atoms with Crippen LogP contribution < -0.4 is 5.32 Å². The van der Waals surface area contributed by atoms with Gasteiger partial charge in [-0.25, -0.2) is 8.78 Å². The van der Waals surface area contributed by atoms with E-state index < -0.39 is 11.6 Å². The minimum absolute atomic E-state index is 0.192. The molecule has 1 heterocycles. The molecule has 0 saturated carbocycles. The summed E-state index contributed by atoms with van der Waals surface area (Å²) in [7, 11) is 1.91. The molecule has 1 N–H and O–H groups in total. The summed E-state index contributed by atoms with van der Waals surface area (Å²) in [5, 5.41) is 2.88. The maximum absolute atomic E-state index is 13.5. The van der Waals surface area contributed by atoms with Gasteiger partial charge in [-0.15, -0.1) is 0 Å². The lowest BCUT2D eigenvalue weighted by atomic mass is 10.2. The van der Waals surface area contributed by atoms with Gasteiger partial charge in [-0.3, -0.25) is 0 Å². The van der Waals surface area contributed by atoms with Crippen LogP contribution in [0.1, 0.15) is 11.1 Å². The third-order valence-corrected chi connectivity index (χ3v) is 2.62. The van der Waals surface area contributed by atoms with Crippen molar-refractivity contribution >= 4 is 5.69 Å². The predicted octanol–water partition coefficient (Wildman–Crippen LogP) is 3.22. The number of nitrogens with one attached hydrogen (secondary N) is 1. The minimum atomic E-state index is -0.431. The summed E-state index contributed by atoms with van der Waals surface area (Å²) in [4.78, 5) is 0. The minimum Gasteiger partial charge on any atom is -0.378 e. The first-order valence-corrected chi connectivity index (χ1v) is 5.36. The molecule has 0 bridgehead atoms. The Labute approximate surface area is 98.9 Å². The predicted molar refractivity (Wildman–Crippen MR) is 63.8 cm³/mol. The maximum atomic E-state index is 13.5. The molecule has 0 fully saturated rings. The van der Waals surface area contributed by atoms with E-state index in [1.807, 2.05) is 30.1 Å². The number of halogens is 2. The fraction of sp³-hybridized carbons (Fsp3) is 0.231. The second kappa shape index (κ2) is 4.57. The highest BCUT2D eigenvalue weighted by molar-refractivity contribution is 5.47. The van der Waals surface area contributed by atoms with Crippen LogP contribution in [0.5, 0.6) is 0 Å². The summed E-state index contributed by atoms with van der Waals surface area (Å²) in [6.07, 6.45) is 3.83. The van der Waals surface area contributed by atoms with Crippen LogP contribution in [0.4, 0.5) is 14.5 Å². The van der Waals surface area contributed by atoms with Crippen LogP contribution in [0.3, 0.4) is 0 Å². The third kappa shape index (κ3) is 2.64. The van der Waals surface area contributed by atoms with Gasteiger partial charge >= 0.3 is 0 Å². The molecule has 0 radical (unpaired) electrons. The van der Waals surface area contributed by atoms with Gasteiger partial charge < -0.3 is 9.88 Å². The van der Waals surface area contributed by atoms with Gasteiger partial charge in [0.15, 0.2) is 0 Å². The highest BCUT2D eigenvalue weighted by Gasteiger charge is 2.06. The molecule has 2 aromatic rings. The van der Waals surface area contributed by atoms with E-state index in [0.29, 0.717) is 12.1 Å². The summed E-state index contributed by atoms with van der Waals surface area (Å²) in [5.74, 6) is -0.832. The zero-order chi connectivity index (χ0) is 12.4. The summed E-state index contributed by atoms with van der Waals surface area (Å²) in [5.41, 5.74) is 1.53. The molecule has 0 amide bonds. The molecular weight excluding hydrogens is 222 g/mol. The molecule has 90 valence electrons.